The van der Waals surface area contributed by atoms with Crippen molar-refractivity contribution < 1.29 is 38.8 Å². The van der Waals surface area contributed by atoms with Gasteiger partial charge >= 0.3 is 11.9 Å². The predicted octanol–water partition coefficient (Wildman–Crippen LogP) is 3.40. The minimum absolute atomic E-state index is 0.193. The van der Waals surface area contributed by atoms with Gasteiger partial charge in [-0.3, -0.25) is 9.59 Å². The van der Waals surface area contributed by atoms with Gasteiger partial charge in [-0.1, -0.05) is 25.5 Å². The number of ether oxygens (including phenoxy) is 3. The quantitative estimate of drug-likeness (QED) is 0.305. The van der Waals surface area contributed by atoms with Crippen LogP contribution in [0.1, 0.15) is 73.6 Å². The molecule has 2 heterocycles. The summed E-state index contributed by atoms with van der Waals surface area (Å²) < 4.78 is 18.2. The highest BCUT2D eigenvalue weighted by Crippen LogP contribution is 2.77. The maximum absolute atomic E-state index is 13.5. The maximum Gasteiger partial charge on any atom is 0.333 e. The molecular formula is C30H39ClO8. The van der Waals surface area contributed by atoms with Crippen molar-refractivity contribution in [2.45, 2.75) is 114 Å². The van der Waals surface area contributed by atoms with E-state index in [1.165, 1.54) is 13.0 Å². The van der Waals surface area contributed by atoms with Crippen molar-refractivity contribution in [3.8, 4) is 0 Å². The predicted molar refractivity (Wildman–Crippen MR) is 141 cm³/mol. The van der Waals surface area contributed by atoms with E-state index in [1.807, 2.05) is 20.8 Å². The van der Waals surface area contributed by atoms with Gasteiger partial charge in [0.25, 0.3) is 0 Å². The molecule has 0 spiro atoms. The molecule has 0 radical (unpaired) electrons. The molecule has 12 atom stereocenters. The van der Waals surface area contributed by atoms with Crippen LogP contribution in [0.5, 0.6) is 0 Å². The average Bonchev–Trinajstić information content (AvgIpc) is 3.59. The topological polar surface area (TPSA) is 123 Å². The largest absolute Gasteiger partial charge is 0.458 e. The van der Waals surface area contributed by atoms with Crippen molar-refractivity contribution in [1.82, 2.24) is 0 Å². The number of hydrogen-bond donors (Lipinski definition) is 2. The summed E-state index contributed by atoms with van der Waals surface area (Å²) in [5, 5.41) is 24.0. The van der Waals surface area contributed by atoms with Gasteiger partial charge in [0.2, 0.25) is 0 Å². The summed E-state index contributed by atoms with van der Waals surface area (Å²) in [6.07, 6.45) is 3.30. The Morgan fingerprint density at radius 3 is 2.54 bits per heavy atom. The molecule has 0 aromatic carbocycles. The van der Waals surface area contributed by atoms with Crippen LogP contribution in [0.2, 0.25) is 0 Å². The summed E-state index contributed by atoms with van der Waals surface area (Å²) in [5.74, 6) is -2.28. The van der Waals surface area contributed by atoms with E-state index in [4.69, 9.17) is 25.8 Å². The molecule has 6 aliphatic rings. The molecule has 8 nitrogen and oxygen atoms in total. The normalized spacial score (nSPS) is 52.7. The lowest BCUT2D eigenvalue weighted by atomic mass is 9.41. The van der Waals surface area contributed by atoms with Crippen LogP contribution < -0.4 is 0 Å². The van der Waals surface area contributed by atoms with Crippen LogP contribution in [-0.4, -0.2) is 68.4 Å². The molecule has 3 saturated carbocycles. The monoisotopic (exact) mass is 562 g/mol. The Balaban J connectivity index is 1.45. The summed E-state index contributed by atoms with van der Waals surface area (Å²) in [7, 11) is 0. The number of fused-ring (bicyclic) bond motifs is 7. The molecule has 2 N–H and O–H groups in total. The van der Waals surface area contributed by atoms with Gasteiger partial charge in [0, 0.05) is 30.3 Å². The second-order valence-corrected chi connectivity index (χ2v) is 13.9. The highest BCUT2D eigenvalue weighted by atomic mass is 35.5. The Labute approximate surface area is 234 Å². The Morgan fingerprint density at radius 2 is 1.90 bits per heavy atom. The number of esters is 2. The molecule has 9 heteroatoms. The molecule has 1 saturated heterocycles. The number of aliphatic hydroxyl groups is 2. The summed E-state index contributed by atoms with van der Waals surface area (Å²) in [5.41, 5.74) is -4.43. The standard InChI is InChI=1S/C30H39ClO8/c1-14-12-20(38-25(34)15(14)2)16(3)30-24(39-30)23(37-17(4)32)29(36)19-13-21(31)28(35)10-7-8-22(33)27(28,6)18(19)9-11-26(29,30)5/h7-8,16,18-21,23-24,35-36H,9-13H2,1-6H3/t16-,18+,19-,20-,21+,23+,24+,26+,27+,28-,29-,30+/m1/s1. The molecule has 0 amide bonds. The van der Waals surface area contributed by atoms with Crippen molar-refractivity contribution >= 4 is 29.3 Å². The van der Waals surface area contributed by atoms with E-state index in [0.717, 1.165) is 5.57 Å². The van der Waals surface area contributed by atoms with E-state index in [0.29, 0.717) is 24.8 Å². The Bertz CT molecular complexity index is 1230. The molecule has 4 fully saturated rings. The van der Waals surface area contributed by atoms with E-state index in [1.54, 1.807) is 19.9 Å². The zero-order valence-electron chi connectivity index (χ0n) is 23.5. The number of cyclic esters (lactones) is 1. The molecule has 2 aliphatic heterocycles. The summed E-state index contributed by atoms with van der Waals surface area (Å²) in [6, 6.07) is 0. The van der Waals surface area contributed by atoms with Gasteiger partial charge in [-0.25, -0.2) is 4.79 Å². The number of rotatable bonds is 3. The highest BCUT2D eigenvalue weighted by molar-refractivity contribution is 6.22. The van der Waals surface area contributed by atoms with Crippen LogP contribution >= 0.6 is 11.6 Å². The third kappa shape index (κ3) is 2.99. The molecule has 214 valence electrons. The van der Waals surface area contributed by atoms with Gasteiger partial charge in [0.15, 0.2) is 11.9 Å². The van der Waals surface area contributed by atoms with Crippen LogP contribution in [0.15, 0.2) is 23.3 Å². The Kier molecular flexibility index (Phi) is 5.75. The fourth-order valence-corrected chi connectivity index (χ4v) is 10.2. The van der Waals surface area contributed by atoms with Crippen molar-refractivity contribution in [2.24, 2.45) is 28.6 Å². The fraction of sp³-hybridized carbons (Fsp3) is 0.767. The number of carbonyl (C=O) groups excluding carboxylic acids is 3. The SMILES string of the molecule is CC(=O)O[C@H]1[C@@H]2O[C@]2([C@H](C)[C@H]2CC(C)=C(C)C(=O)O2)[C@@]2(C)CC[C@H]3[C@@H](C[C@H](Cl)[C@]4(O)CC=CC(=O)[C@]34C)[C@@]12O. The molecular weight excluding hydrogens is 524 g/mol. The van der Waals surface area contributed by atoms with Gasteiger partial charge in [-0.2, -0.15) is 0 Å². The maximum atomic E-state index is 13.5. The number of allylic oxidation sites excluding steroid dienone is 1. The Hall–Kier alpha value is -1.74. The van der Waals surface area contributed by atoms with Gasteiger partial charge in [0.1, 0.15) is 23.4 Å². The molecule has 0 aromatic rings. The number of ketones is 1. The molecule has 39 heavy (non-hydrogen) atoms. The van der Waals surface area contributed by atoms with E-state index >= 15 is 0 Å². The second-order valence-electron chi connectivity index (χ2n) is 13.4. The third-order valence-corrected chi connectivity index (χ3v) is 12.8. The number of halogens is 1. The first-order chi connectivity index (χ1) is 18.1. The van der Waals surface area contributed by atoms with Crippen molar-refractivity contribution in [2.75, 3.05) is 0 Å². The van der Waals surface area contributed by atoms with E-state index in [9.17, 15) is 24.6 Å². The zero-order valence-corrected chi connectivity index (χ0v) is 24.2. The summed E-state index contributed by atoms with van der Waals surface area (Å²) in [4.78, 5) is 38.5. The first-order valence-corrected chi connectivity index (χ1v) is 14.6. The molecule has 4 aliphatic carbocycles. The number of alkyl halides is 1. The molecule has 0 aromatic heterocycles. The summed E-state index contributed by atoms with van der Waals surface area (Å²) in [6.45, 7) is 10.8. The van der Waals surface area contributed by atoms with Crippen LogP contribution in [0.25, 0.3) is 0 Å². The number of hydrogen-bond acceptors (Lipinski definition) is 8. The lowest BCUT2D eigenvalue weighted by molar-refractivity contribution is -0.277. The zero-order chi connectivity index (χ0) is 28.5. The third-order valence-electron chi connectivity index (χ3n) is 12.2. The fourth-order valence-electron chi connectivity index (χ4n) is 9.74. The lowest BCUT2D eigenvalue weighted by Crippen LogP contribution is -2.74. The molecule has 0 unspecified atom stereocenters. The van der Waals surface area contributed by atoms with Crippen LogP contribution in [0.3, 0.4) is 0 Å². The highest BCUT2D eigenvalue weighted by Gasteiger charge is 2.90. The van der Waals surface area contributed by atoms with Gasteiger partial charge < -0.3 is 24.4 Å². The van der Waals surface area contributed by atoms with Crippen molar-refractivity contribution in [3.05, 3.63) is 23.3 Å². The van der Waals surface area contributed by atoms with Gasteiger partial charge in [0.05, 0.1) is 16.4 Å². The minimum Gasteiger partial charge on any atom is -0.458 e. The minimum atomic E-state index is -1.57. The first kappa shape index (κ1) is 27.4. The van der Waals surface area contributed by atoms with Crippen LogP contribution in [-0.2, 0) is 28.6 Å². The molecule has 0 bridgehead atoms. The second kappa shape index (κ2) is 8.17. The number of epoxide rings is 1. The van der Waals surface area contributed by atoms with Gasteiger partial charge in [-0.15, -0.1) is 11.6 Å². The van der Waals surface area contributed by atoms with Crippen molar-refractivity contribution in [3.63, 3.8) is 0 Å². The lowest BCUT2D eigenvalue weighted by Gasteiger charge is -2.66. The van der Waals surface area contributed by atoms with E-state index in [2.05, 4.69) is 0 Å². The molecule has 6 rings (SSSR count). The smallest absolute Gasteiger partial charge is 0.333 e. The van der Waals surface area contributed by atoms with Crippen LogP contribution in [0, 0.1) is 28.6 Å². The summed E-state index contributed by atoms with van der Waals surface area (Å²) >= 11 is 6.92. The van der Waals surface area contributed by atoms with Gasteiger partial charge in [-0.05, 0) is 64.4 Å². The van der Waals surface area contributed by atoms with E-state index < -0.39 is 63.2 Å². The van der Waals surface area contributed by atoms with Crippen molar-refractivity contribution in [1.29, 1.82) is 0 Å². The van der Waals surface area contributed by atoms with Crippen LogP contribution in [0.4, 0.5) is 0 Å². The Morgan fingerprint density at radius 1 is 1.21 bits per heavy atom. The first-order valence-electron chi connectivity index (χ1n) is 14.1. The average molecular weight is 563 g/mol. The number of carbonyl (C=O) groups is 3. The van der Waals surface area contributed by atoms with E-state index in [-0.39, 0.29) is 36.4 Å².